The third-order valence-corrected chi connectivity index (χ3v) is 12.1. The lowest BCUT2D eigenvalue weighted by molar-refractivity contribution is 0.0343. The Bertz CT molecular complexity index is 738. The van der Waals surface area contributed by atoms with Gasteiger partial charge in [-0.15, -0.1) is 0 Å². The van der Waals surface area contributed by atoms with Gasteiger partial charge < -0.3 is 30.6 Å². The lowest BCUT2D eigenvalue weighted by atomic mass is 9.78. The third-order valence-electron chi connectivity index (χ3n) is 12.1. The van der Waals surface area contributed by atoms with Gasteiger partial charge in [0, 0.05) is 16.2 Å². The zero-order chi connectivity index (χ0) is 37.9. The van der Waals surface area contributed by atoms with Gasteiger partial charge in [0.2, 0.25) is 0 Å². The van der Waals surface area contributed by atoms with E-state index in [1.54, 1.807) is 0 Å². The summed E-state index contributed by atoms with van der Waals surface area (Å²) in [6.45, 7) is 0.938. The van der Waals surface area contributed by atoms with Gasteiger partial charge in [-0.3, -0.25) is 0 Å². The molecule has 52 heavy (non-hydrogen) atoms. The fourth-order valence-corrected chi connectivity index (χ4v) is 7.91. The average Bonchev–Trinajstić information content (AvgIpc) is 4.00. The first-order valence-corrected chi connectivity index (χ1v) is 21.8. The van der Waals surface area contributed by atoms with Crippen molar-refractivity contribution in [3.05, 3.63) is 48.6 Å². The Morgan fingerprint density at radius 1 is 0.250 bits per heavy atom. The fraction of sp³-hybridized carbons (Fsp3) is 0.826. The minimum Gasteiger partial charge on any atom is -0.396 e. The molecule has 0 spiro atoms. The Labute approximate surface area is 320 Å². The Kier molecular flexibility index (Phi) is 31.0. The molecule has 0 unspecified atom stereocenters. The fourth-order valence-electron chi connectivity index (χ4n) is 7.91. The largest absolute Gasteiger partial charge is 0.396 e. The van der Waals surface area contributed by atoms with Gasteiger partial charge in [0.15, 0.2) is 0 Å². The van der Waals surface area contributed by atoms with Crippen LogP contribution < -0.4 is 0 Å². The summed E-state index contributed by atoms with van der Waals surface area (Å²) in [4.78, 5) is 0. The summed E-state index contributed by atoms with van der Waals surface area (Å²) < 4.78 is 0. The molecule has 0 aliphatic heterocycles. The molecule has 0 heterocycles. The topological polar surface area (TPSA) is 121 Å². The van der Waals surface area contributed by atoms with Gasteiger partial charge >= 0.3 is 0 Å². The first-order chi connectivity index (χ1) is 25.5. The van der Waals surface area contributed by atoms with E-state index >= 15 is 0 Å². The van der Waals surface area contributed by atoms with Crippen LogP contribution in [0.5, 0.6) is 0 Å². The molecule has 5 aliphatic rings. The van der Waals surface area contributed by atoms with Crippen molar-refractivity contribution in [1.29, 1.82) is 0 Å². The highest BCUT2D eigenvalue weighted by molar-refractivity contribution is 5.12. The molecule has 0 aromatic rings. The van der Waals surface area contributed by atoms with Crippen molar-refractivity contribution in [2.45, 2.75) is 186 Å². The van der Waals surface area contributed by atoms with E-state index < -0.39 is 0 Å². The summed E-state index contributed by atoms with van der Waals surface area (Å²) in [7, 11) is 0. The van der Waals surface area contributed by atoms with E-state index in [4.69, 9.17) is 0 Å². The second-order valence-electron chi connectivity index (χ2n) is 16.6. The molecule has 0 aromatic carbocycles. The summed E-state index contributed by atoms with van der Waals surface area (Å²) in [5.41, 5.74) is -0.508. The Balaban J connectivity index is 0.000000343. The maximum absolute atomic E-state index is 9.36. The lowest BCUT2D eigenvalue weighted by Crippen LogP contribution is -2.30. The van der Waals surface area contributed by atoms with Crippen molar-refractivity contribution in [2.75, 3.05) is 39.6 Å². The third kappa shape index (κ3) is 23.5. The molecule has 0 radical (unpaired) electrons. The molecule has 6 N–H and O–H groups in total. The van der Waals surface area contributed by atoms with Crippen LogP contribution in [0.3, 0.4) is 0 Å². The van der Waals surface area contributed by atoms with Crippen molar-refractivity contribution >= 4 is 0 Å². The second kappa shape index (κ2) is 33.1. The quantitative estimate of drug-likeness (QED) is 0.162. The van der Waals surface area contributed by atoms with Crippen molar-refractivity contribution in [1.82, 2.24) is 0 Å². The number of hydrogen-bond acceptors (Lipinski definition) is 6. The van der Waals surface area contributed by atoms with E-state index in [1.165, 1.54) is 135 Å². The van der Waals surface area contributed by atoms with E-state index in [-0.39, 0.29) is 55.9 Å². The van der Waals surface area contributed by atoms with Gasteiger partial charge in [-0.05, 0) is 51.4 Å². The minimum atomic E-state index is -0.169. The second-order valence-corrected chi connectivity index (χ2v) is 16.6. The summed E-state index contributed by atoms with van der Waals surface area (Å²) in [5.74, 6) is 0. The Hall–Kier alpha value is -1.28. The summed E-state index contributed by atoms with van der Waals surface area (Å²) in [5, 5.41) is 56.2. The molecule has 304 valence electrons. The van der Waals surface area contributed by atoms with Gasteiger partial charge in [0.05, 0.1) is 39.6 Å². The molecule has 5 rings (SSSR count). The minimum absolute atomic E-state index is 0.156. The number of rotatable bonds is 6. The molecule has 5 aliphatic carbocycles. The standard InChI is InChI=1S/3C12H24O2.2C5H6/c3*13-10-12(11-14)8-6-4-2-1-3-5-7-9-12;2*1-2-4-5-3-1/h3*13-14H,1-11H2;2*1-4H,5H2. The molecule has 0 bridgehead atoms. The first-order valence-electron chi connectivity index (χ1n) is 21.8. The van der Waals surface area contributed by atoms with Crippen molar-refractivity contribution < 1.29 is 30.6 Å². The molecule has 6 heteroatoms. The first kappa shape index (κ1) is 48.7. The highest BCUT2D eigenvalue weighted by Crippen LogP contribution is 2.34. The molecule has 3 saturated carbocycles. The average molecular weight is 733 g/mol. The molecule has 0 saturated heterocycles. The van der Waals surface area contributed by atoms with Gasteiger partial charge in [-0.1, -0.05) is 183 Å². The molecule has 0 aromatic heterocycles. The van der Waals surface area contributed by atoms with Gasteiger partial charge in [0.25, 0.3) is 0 Å². The van der Waals surface area contributed by atoms with E-state index in [0.717, 1.165) is 51.4 Å². The molecule has 0 atom stereocenters. The van der Waals surface area contributed by atoms with Gasteiger partial charge in [0.1, 0.15) is 0 Å². The Morgan fingerprint density at radius 2 is 0.404 bits per heavy atom. The zero-order valence-electron chi connectivity index (χ0n) is 33.6. The number of allylic oxidation sites excluding steroid dienone is 8. The maximum Gasteiger partial charge on any atom is 0.0509 e. The van der Waals surface area contributed by atoms with Crippen molar-refractivity contribution in [2.24, 2.45) is 16.2 Å². The predicted molar refractivity (Wildman–Crippen MR) is 220 cm³/mol. The van der Waals surface area contributed by atoms with Gasteiger partial charge in [-0.2, -0.15) is 0 Å². The van der Waals surface area contributed by atoms with E-state index in [2.05, 4.69) is 48.6 Å². The van der Waals surface area contributed by atoms with E-state index in [1.807, 2.05) is 0 Å². The van der Waals surface area contributed by atoms with Crippen LogP contribution in [0.15, 0.2) is 48.6 Å². The summed E-state index contributed by atoms with van der Waals surface area (Å²) >= 11 is 0. The zero-order valence-corrected chi connectivity index (χ0v) is 33.6. The normalized spacial score (nSPS) is 23.1. The van der Waals surface area contributed by atoms with Crippen LogP contribution in [0.2, 0.25) is 0 Å². The highest BCUT2D eigenvalue weighted by Gasteiger charge is 2.29. The van der Waals surface area contributed by atoms with Crippen molar-refractivity contribution in [3.63, 3.8) is 0 Å². The molecular weight excluding hydrogens is 649 g/mol. The smallest absolute Gasteiger partial charge is 0.0509 e. The molecular formula is C46H84O6. The maximum atomic E-state index is 9.36. The van der Waals surface area contributed by atoms with Gasteiger partial charge in [-0.25, -0.2) is 0 Å². The van der Waals surface area contributed by atoms with E-state index in [0.29, 0.717) is 0 Å². The van der Waals surface area contributed by atoms with Crippen LogP contribution in [0, 0.1) is 16.2 Å². The SMILES string of the molecule is C1=CCC=C1.C1=CCC=C1.OCC1(CO)CCCCCCCCC1.OCC1(CO)CCCCCCCCC1.OCC1(CO)CCCCCCCCC1. The number of hydrogen-bond donors (Lipinski definition) is 6. The summed E-state index contributed by atoms with van der Waals surface area (Å²) in [6.07, 6.45) is 51.7. The molecule has 0 amide bonds. The number of aliphatic hydroxyl groups is 6. The molecule has 6 nitrogen and oxygen atoms in total. The van der Waals surface area contributed by atoms with Crippen LogP contribution in [-0.2, 0) is 0 Å². The van der Waals surface area contributed by atoms with Crippen LogP contribution in [0.25, 0.3) is 0 Å². The summed E-state index contributed by atoms with van der Waals surface area (Å²) in [6, 6.07) is 0. The van der Waals surface area contributed by atoms with Crippen LogP contribution in [0.1, 0.15) is 186 Å². The number of aliphatic hydroxyl groups excluding tert-OH is 6. The highest BCUT2D eigenvalue weighted by atomic mass is 16.3. The molecule has 3 fully saturated rings. The monoisotopic (exact) mass is 733 g/mol. The van der Waals surface area contributed by atoms with Crippen molar-refractivity contribution in [3.8, 4) is 0 Å². The Morgan fingerprint density at radius 3 is 0.519 bits per heavy atom. The predicted octanol–water partition coefficient (Wildman–Crippen LogP) is 10.5. The van der Waals surface area contributed by atoms with E-state index in [9.17, 15) is 30.6 Å². The lowest BCUT2D eigenvalue weighted by Gasteiger charge is -2.30. The van der Waals surface area contributed by atoms with Crippen LogP contribution in [-0.4, -0.2) is 70.3 Å². The van der Waals surface area contributed by atoms with Crippen LogP contribution >= 0.6 is 0 Å². The van der Waals surface area contributed by atoms with Crippen LogP contribution in [0.4, 0.5) is 0 Å².